The van der Waals surface area contributed by atoms with E-state index in [0.717, 1.165) is 0 Å². The molecule has 2 aromatic rings. The summed E-state index contributed by atoms with van der Waals surface area (Å²) < 4.78 is 10.3. The number of nitrogens with zero attached hydrogens (tertiary/aromatic N) is 2. The molecule has 0 saturated carbocycles. The number of amides is 3. The highest BCUT2D eigenvalue weighted by Crippen LogP contribution is 2.22. The van der Waals surface area contributed by atoms with Crippen LogP contribution in [-0.4, -0.2) is 53.2 Å². The maximum Gasteiger partial charge on any atom is 0.257 e. The average Bonchev–Trinajstić information content (AvgIpc) is 3.45. The van der Waals surface area contributed by atoms with E-state index in [0.29, 0.717) is 50.3 Å². The minimum Gasteiger partial charge on any atom is -0.472 e. The van der Waals surface area contributed by atoms with Crippen molar-refractivity contribution in [3.63, 3.8) is 0 Å². The lowest BCUT2D eigenvalue weighted by Crippen LogP contribution is -2.48. The lowest BCUT2D eigenvalue weighted by molar-refractivity contribution is -0.129. The number of nitrogens with one attached hydrogen (secondary N) is 1. The smallest absolute Gasteiger partial charge is 0.257 e. The first kappa shape index (κ1) is 18.3. The monoisotopic (exact) mass is 385 g/mol. The number of carbonyl (C=O) groups excluding carboxylic acids is 3. The van der Waals surface area contributed by atoms with Crippen molar-refractivity contribution in [2.75, 3.05) is 19.6 Å². The quantitative estimate of drug-likeness (QED) is 0.844. The number of likely N-dealkylation sites (tertiary alicyclic amines) is 2. The van der Waals surface area contributed by atoms with Gasteiger partial charge in [-0.3, -0.25) is 14.4 Å². The lowest BCUT2D eigenvalue weighted by atomic mass is 10.0. The molecule has 28 heavy (non-hydrogen) atoms. The van der Waals surface area contributed by atoms with Gasteiger partial charge < -0.3 is 24.0 Å². The molecule has 1 atom stereocenters. The first-order valence-corrected chi connectivity index (χ1v) is 9.52. The van der Waals surface area contributed by atoms with E-state index in [2.05, 4.69) is 5.32 Å². The Bertz CT molecular complexity index is 822. The van der Waals surface area contributed by atoms with E-state index >= 15 is 0 Å². The third-order valence-electron chi connectivity index (χ3n) is 5.41. The predicted molar refractivity (Wildman–Crippen MR) is 98.0 cm³/mol. The first-order chi connectivity index (χ1) is 13.6. The van der Waals surface area contributed by atoms with Gasteiger partial charge in [-0.25, -0.2) is 0 Å². The Kier molecular flexibility index (Phi) is 5.18. The van der Waals surface area contributed by atoms with Gasteiger partial charge in [0, 0.05) is 32.1 Å². The fourth-order valence-corrected chi connectivity index (χ4v) is 3.81. The van der Waals surface area contributed by atoms with Crippen LogP contribution >= 0.6 is 0 Å². The molecular weight excluding hydrogens is 362 g/mol. The summed E-state index contributed by atoms with van der Waals surface area (Å²) in [7, 11) is 0. The summed E-state index contributed by atoms with van der Waals surface area (Å²) in [5.74, 6) is 0.206. The molecule has 0 bridgehead atoms. The number of rotatable bonds is 5. The van der Waals surface area contributed by atoms with Crippen LogP contribution in [0.4, 0.5) is 0 Å². The van der Waals surface area contributed by atoms with Crippen molar-refractivity contribution in [3.8, 4) is 0 Å². The third kappa shape index (κ3) is 3.95. The molecule has 8 nitrogen and oxygen atoms in total. The maximum atomic E-state index is 12.6. The Balaban J connectivity index is 1.24. The van der Waals surface area contributed by atoms with E-state index in [9.17, 15) is 14.4 Å². The Morgan fingerprint density at radius 2 is 2.00 bits per heavy atom. The van der Waals surface area contributed by atoms with Gasteiger partial charge in [0.15, 0.2) is 0 Å². The summed E-state index contributed by atoms with van der Waals surface area (Å²) >= 11 is 0. The fourth-order valence-electron chi connectivity index (χ4n) is 3.81. The summed E-state index contributed by atoms with van der Waals surface area (Å²) in [6.07, 6.45) is 6.13. The molecule has 4 rings (SSSR count). The van der Waals surface area contributed by atoms with E-state index in [1.165, 1.54) is 12.5 Å². The molecule has 2 aromatic heterocycles. The van der Waals surface area contributed by atoms with Crippen molar-refractivity contribution in [2.45, 2.75) is 31.8 Å². The lowest BCUT2D eigenvalue weighted by Gasteiger charge is -2.32. The maximum absolute atomic E-state index is 12.6. The second kappa shape index (κ2) is 7.92. The Labute approximate surface area is 162 Å². The van der Waals surface area contributed by atoms with E-state index < -0.39 is 0 Å². The average molecular weight is 385 g/mol. The minimum absolute atomic E-state index is 0.0233. The predicted octanol–water partition coefficient (Wildman–Crippen LogP) is 1.64. The molecule has 1 unspecified atom stereocenters. The van der Waals surface area contributed by atoms with Gasteiger partial charge in [0.2, 0.25) is 11.8 Å². The number of carbonyl (C=O) groups is 3. The van der Waals surface area contributed by atoms with E-state index in [4.69, 9.17) is 8.83 Å². The van der Waals surface area contributed by atoms with Crippen LogP contribution in [0.25, 0.3) is 0 Å². The Morgan fingerprint density at radius 3 is 2.68 bits per heavy atom. The van der Waals surface area contributed by atoms with Crippen LogP contribution in [-0.2, 0) is 16.1 Å². The van der Waals surface area contributed by atoms with Crippen molar-refractivity contribution in [1.82, 2.24) is 15.1 Å². The molecule has 2 fully saturated rings. The molecule has 0 spiro atoms. The SMILES string of the molecule is O=C(NC1CCN(C(=O)c2ccoc2)CC1)C1CC(=O)N(Cc2ccco2)C1. The molecule has 8 heteroatoms. The van der Waals surface area contributed by atoms with Crippen LogP contribution < -0.4 is 5.32 Å². The molecule has 2 saturated heterocycles. The van der Waals surface area contributed by atoms with Crippen molar-refractivity contribution in [2.24, 2.45) is 5.92 Å². The summed E-state index contributed by atoms with van der Waals surface area (Å²) in [4.78, 5) is 40.6. The van der Waals surface area contributed by atoms with Crippen LogP contribution in [0.15, 0.2) is 45.8 Å². The molecule has 2 aliphatic heterocycles. The number of hydrogen-bond donors (Lipinski definition) is 1. The molecule has 2 aliphatic rings. The topological polar surface area (TPSA) is 96.0 Å². The second-order valence-electron chi connectivity index (χ2n) is 7.34. The molecule has 4 heterocycles. The van der Waals surface area contributed by atoms with Gasteiger partial charge in [0.25, 0.3) is 5.91 Å². The molecule has 0 aliphatic carbocycles. The van der Waals surface area contributed by atoms with Crippen molar-refractivity contribution < 1.29 is 23.2 Å². The van der Waals surface area contributed by atoms with Crippen LogP contribution in [0.5, 0.6) is 0 Å². The molecular formula is C20H23N3O5. The van der Waals surface area contributed by atoms with Crippen LogP contribution in [0, 0.1) is 5.92 Å². The molecule has 1 N–H and O–H groups in total. The number of hydrogen-bond acceptors (Lipinski definition) is 5. The Hall–Kier alpha value is -3.03. The zero-order chi connectivity index (χ0) is 19.5. The molecule has 0 aromatic carbocycles. The molecule has 3 amide bonds. The van der Waals surface area contributed by atoms with Gasteiger partial charge >= 0.3 is 0 Å². The van der Waals surface area contributed by atoms with E-state index in [1.54, 1.807) is 28.2 Å². The van der Waals surface area contributed by atoms with Crippen LogP contribution in [0.1, 0.15) is 35.4 Å². The third-order valence-corrected chi connectivity index (χ3v) is 5.41. The number of furan rings is 2. The standard InChI is InChI=1S/C20H23N3O5/c24-18-10-15(11-23(18)12-17-2-1-8-28-17)19(25)21-16-3-6-22(7-4-16)20(26)14-5-9-27-13-14/h1-2,5,8-9,13,15-16H,3-4,6-7,10-12H2,(H,21,25). The zero-order valence-corrected chi connectivity index (χ0v) is 15.5. The summed E-state index contributed by atoms with van der Waals surface area (Å²) in [5, 5.41) is 3.06. The zero-order valence-electron chi connectivity index (χ0n) is 15.5. The first-order valence-electron chi connectivity index (χ1n) is 9.52. The van der Waals surface area contributed by atoms with Gasteiger partial charge in [-0.2, -0.15) is 0 Å². The Morgan fingerprint density at radius 1 is 1.18 bits per heavy atom. The molecule has 0 radical (unpaired) electrons. The fraction of sp³-hybridized carbons (Fsp3) is 0.450. The summed E-state index contributed by atoms with van der Waals surface area (Å²) in [6.45, 7) is 1.97. The van der Waals surface area contributed by atoms with Crippen molar-refractivity contribution in [1.29, 1.82) is 0 Å². The largest absolute Gasteiger partial charge is 0.472 e. The highest BCUT2D eigenvalue weighted by atomic mass is 16.3. The van der Waals surface area contributed by atoms with Gasteiger partial charge in [-0.05, 0) is 31.0 Å². The normalized spacial score (nSPS) is 20.6. The van der Waals surface area contributed by atoms with Gasteiger partial charge in [-0.15, -0.1) is 0 Å². The highest BCUT2D eigenvalue weighted by molar-refractivity contribution is 5.94. The summed E-state index contributed by atoms with van der Waals surface area (Å²) in [6, 6.07) is 5.28. The van der Waals surface area contributed by atoms with E-state index in [1.807, 2.05) is 6.07 Å². The van der Waals surface area contributed by atoms with E-state index in [-0.39, 0.29) is 36.1 Å². The van der Waals surface area contributed by atoms with Gasteiger partial charge in [0.1, 0.15) is 12.0 Å². The minimum atomic E-state index is -0.340. The summed E-state index contributed by atoms with van der Waals surface area (Å²) in [5.41, 5.74) is 0.545. The van der Waals surface area contributed by atoms with Gasteiger partial charge in [-0.1, -0.05) is 0 Å². The van der Waals surface area contributed by atoms with Crippen molar-refractivity contribution in [3.05, 3.63) is 48.3 Å². The number of piperidine rings is 1. The van der Waals surface area contributed by atoms with Crippen LogP contribution in [0.2, 0.25) is 0 Å². The van der Waals surface area contributed by atoms with Gasteiger partial charge in [0.05, 0.1) is 30.6 Å². The second-order valence-corrected chi connectivity index (χ2v) is 7.34. The van der Waals surface area contributed by atoms with Crippen LogP contribution in [0.3, 0.4) is 0 Å². The highest BCUT2D eigenvalue weighted by Gasteiger charge is 2.36. The molecule has 148 valence electrons. The van der Waals surface area contributed by atoms with Crippen molar-refractivity contribution >= 4 is 17.7 Å².